The van der Waals surface area contributed by atoms with Gasteiger partial charge in [-0.25, -0.2) is 8.42 Å². The molecule has 0 bridgehead atoms. The third kappa shape index (κ3) is 6.86. The molecule has 14 heteroatoms. The van der Waals surface area contributed by atoms with E-state index < -0.39 is 15.3 Å². The van der Waals surface area contributed by atoms with Crippen LogP contribution in [0, 0.1) is 17.5 Å². The fraction of sp³-hybridized carbons (Fsp3) is 0.308. The van der Waals surface area contributed by atoms with Crippen molar-refractivity contribution in [2.24, 2.45) is 10.2 Å². The smallest absolute Gasteiger partial charge is 0.298 e. The maximum Gasteiger partial charge on any atom is 0.298 e. The standard InChI is InChI=1S/C12H14N6O6S2.CH3/c1-2-17(5-6-24-26(21,22)23)9-3-4-10(11(7-9)18(19)20)14-16-12-15-13-8-25-12;/h3-4,7-8H,2,5-6H2,1H3,(H,21,22,23);1H3/q;+1/p-1. The third-order valence-corrected chi connectivity index (χ3v) is 4.11. The molecule has 0 amide bonds. The number of benzene rings is 1. The summed E-state index contributed by atoms with van der Waals surface area (Å²) in [6.45, 7) is 1.86. The highest BCUT2D eigenvalue weighted by Crippen LogP contribution is 2.33. The lowest BCUT2D eigenvalue weighted by molar-refractivity contribution is -0.384. The van der Waals surface area contributed by atoms with E-state index in [0.29, 0.717) is 12.2 Å². The normalized spacial score (nSPS) is 11.3. The first-order valence-corrected chi connectivity index (χ1v) is 9.33. The number of azo groups is 1. The zero-order chi connectivity index (χ0) is 19.2. The van der Waals surface area contributed by atoms with Gasteiger partial charge >= 0.3 is 0 Å². The van der Waals surface area contributed by atoms with Gasteiger partial charge in [0, 0.05) is 32.3 Å². The first-order valence-electron chi connectivity index (χ1n) is 7.11. The van der Waals surface area contributed by atoms with E-state index in [1.54, 1.807) is 17.9 Å². The van der Waals surface area contributed by atoms with Crippen LogP contribution < -0.4 is 4.90 Å². The molecule has 0 radical (unpaired) electrons. The summed E-state index contributed by atoms with van der Waals surface area (Å²) in [5, 5.41) is 26.4. The molecule has 0 atom stereocenters. The lowest BCUT2D eigenvalue weighted by atomic mass is 10.2. The Hall–Kier alpha value is -2.68. The molecule has 0 aliphatic carbocycles. The second-order valence-corrected chi connectivity index (χ2v) is 6.53. The summed E-state index contributed by atoms with van der Waals surface area (Å²) in [5.74, 6) is 0. The number of rotatable bonds is 9. The van der Waals surface area contributed by atoms with Crippen LogP contribution in [-0.4, -0.2) is 47.8 Å². The van der Waals surface area contributed by atoms with Crippen molar-refractivity contribution in [3.63, 3.8) is 0 Å². The maximum absolute atomic E-state index is 11.3. The monoisotopic (exact) mass is 416 g/mol. The van der Waals surface area contributed by atoms with Crippen LogP contribution in [0.3, 0.4) is 0 Å². The Morgan fingerprint density at radius 1 is 1.37 bits per heavy atom. The SMILES string of the molecule is CCN(CCOS(=O)(=O)[O-])c1ccc(N=Nc2nncs2)c([N+](=O)[O-])c1.[CH3+]. The van der Waals surface area contributed by atoms with Gasteiger partial charge in [-0.15, -0.1) is 20.4 Å². The number of anilines is 1. The van der Waals surface area contributed by atoms with Crippen LogP contribution >= 0.6 is 11.3 Å². The number of hydrogen-bond acceptors (Lipinski definition) is 12. The topological polar surface area (TPSA) is 163 Å². The molecule has 0 fully saturated rings. The van der Waals surface area contributed by atoms with Gasteiger partial charge in [-0.2, -0.15) is 0 Å². The molecular formula is C13H16N6O6S2. The van der Waals surface area contributed by atoms with Crippen LogP contribution in [0.15, 0.2) is 33.9 Å². The molecule has 146 valence electrons. The van der Waals surface area contributed by atoms with Crippen molar-refractivity contribution in [1.82, 2.24) is 10.2 Å². The minimum absolute atomic E-state index is 0. The molecule has 0 spiro atoms. The second-order valence-electron chi connectivity index (χ2n) is 4.66. The van der Waals surface area contributed by atoms with Crippen molar-refractivity contribution < 1.29 is 22.1 Å². The van der Waals surface area contributed by atoms with E-state index in [-0.39, 0.29) is 37.1 Å². The van der Waals surface area contributed by atoms with Crippen LogP contribution in [0.5, 0.6) is 0 Å². The predicted octanol–water partition coefficient (Wildman–Crippen LogP) is 2.62. The summed E-state index contributed by atoms with van der Waals surface area (Å²) in [7, 11) is -4.79. The van der Waals surface area contributed by atoms with Gasteiger partial charge in [0.2, 0.25) is 10.4 Å². The number of hydrogen-bond donors (Lipinski definition) is 0. The Labute approximate surface area is 159 Å². The third-order valence-electron chi connectivity index (χ3n) is 3.08. The Bertz CT molecular complexity index is 887. The quantitative estimate of drug-likeness (QED) is 0.149. The van der Waals surface area contributed by atoms with E-state index in [9.17, 15) is 23.1 Å². The first-order chi connectivity index (χ1) is 12.3. The number of aromatic nitrogens is 2. The fourth-order valence-electron chi connectivity index (χ4n) is 1.97. The van der Waals surface area contributed by atoms with Crippen LogP contribution in [-0.2, 0) is 14.6 Å². The van der Waals surface area contributed by atoms with Gasteiger partial charge in [-0.05, 0) is 19.1 Å². The minimum Gasteiger partial charge on any atom is -0.726 e. The van der Waals surface area contributed by atoms with Crippen molar-refractivity contribution in [2.45, 2.75) is 6.92 Å². The van der Waals surface area contributed by atoms with Crippen LogP contribution in [0.1, 0.15) is 6.92 Å². The number of likely N-dealkylation sites (N-methyl/N-ethyl adjacent to an activating group) is 1. The van der Waals surface area contributed by atoms with E-state index in [0.717, 1.165) is 11.3 Å². The van der Waals surface area contributed by atoms with Crippen molar-refractivity contribution in [3.8, 4) is 0 Å². The van der Waals surface area contributed by atoms with Gasteiger partial charge in [0.25, 0.3) is 10.8 Å². The zero-order valence-corrected chi connectivity index (χ0v) is 16.0. The predicted molar refractivity (Wildman–Crippen MR) is 97.1 cm³/mol. The molecule has 0 N–H and O–H groups in total. The fourth-order valence-corrected chi connectivity index (χ4v) is 2.62. The maximum atomic E-state index is 11.3. The Morgan fingerprint density at radius 2 is 2.11 bits per heavy atom. The van der Waals surface area contributed by atoms with E-state index in [1.165, 1.54) is 17.6 Å². The van der Waals surface area contributed by atoms with Gasteiger partial charge in [0.15, 0.2) is 5.69 Å². The molecule has 0 aliphatic rings. The summed E-state index contributed by atoms with van der Waals surface area (Å²) in [4.78, 5) is 12.3. The molecule has 2 rings (SSSR count). The minimum atomic E-state index is -4.79. The van der Waals surface area contributed by atoms with Crippen LogP contribution in [0.2, 0.25) is 0 Å². The summed E-state index contributed by atoms with van der Waals surface area (Å²) >= 11 is 1.13. The Morgan fingerprint density at radius 3 is 2.67 bits per heavy atom. The van der Waals surface area contributed by atoms with Crippen molar-refractivity contribution in [1.29, 1.82) is 0 Å². The largest absolute Gasteiger partial charge is 0.726 e. The molecule has 12 nitrogen and oxygen atoms in total. The van der Waals surface area contributed by atoms with Gasteiger partial charge in [0.1, 0.15) is 5.51 Å². The van der Waals surface area contributed by atoms with Gasteiger partial charge in [-0.3, -0.25) is 14.3 Å². The van der Waals surface area contributed by atoms with Crippen LogP contribution in [0.25, 0.3) is 0 Å². The Kier molecular flexibility index (Phi) is 8.17. The highest BCUT2D eigenvalue weighted by atomic mass is 32.3. The lowest BCUT2D eigenvalue weighted by Gasteiger charge is -2.23. The molecule has 27 heavy (non-hydrogen) atoms. The van der Waals surface area contributed by atoms with Gasteiger partial charge in [-0.1, -0.05) is 11.3 Å². The molecule has 0 unspecified atom stereocenters. The average Bonchev–Trinajstić information content (AvgIpc) is 3.09. The average molecular weight is 416 g/mol. The van der Waals surface area contributed by atoms with Gasteiger partial charge < -0.3 is 9.45 Å². The van der Waals surface area contributed by atoms with Crippen molar-refractivity contribution in [2.75, 3.05) is 24.6 Å². The number of nitrogens with zero attached hydrogens (tertiary/aromatic N) is 6. The van der Waals surface area contributed by atoms with Crippen molar-refractivity contribution in [3.05, 3.63) is 41.3 Å². The highest BCUT2D eigenvalue weighted by molar-refractivity contribution is 7.80. The highest BCUT2D eigenvalue weighted by Gasteiger charge is 2.17. The van der Waals surface area contributed by atoms with E-state index in [1.807, 2.05) is 0 Å². The summed E-state index contributed by atoms with van der Waals surface area (Å²) in [5.41, 5.74) is 1.64. The van der Waals surface area contributed by atoms with Crippen molar-refractivity contribution >= 4 is 43.9 Å². The van der Waals surface area contributed by atoms with E-state index in [4.69, 9.17) is 0 Å². The van der Waals surface area contributed by atoms with Crippen LogP contribution in [0.4, 0.5) is 22.2 Å². The Balaban J connectivity index is 0.00000364. The zero-order valence-electron chi connectivity index (χ0n) is 14.4. The van der Waals surface area contributed by atoms with E-state index in [2.05, 4.69) is 24.6 Å². The van der Waals surface area contributed by atoms with Gasteiger partial charge in [0.05, 0.1) is 11.5 Å². The molecule has 0 saturated carbocycles. The second kappa shape index (κ2) is 9.86. The molecule has 0 aliphatic heterocycles. The molecule has 1 heterocycles. The molecule has 1 aromatic heterocycles. The molecule has 0 saturated heterocycles. The van der Waals surface area contributed by atoms with E-state index >= 15 is 0 Å². The number of nitro groups is 1. The summed E-state index contributed by atoms with van der Waals surface area (Å²) in [6, 6.07) is 4.26. The molecule has 1 aromatic carbocycles. The summed E-state index contributed by atoms with van der Waals surface area (Å²) < 4.78 is 35.6. The molecular weight excluding hydrogens is 400 g/mol. The molecule has 2 aromatic rings. The summed E-state index contributed by atoms with van der Waals surface area (Å²) in [6.07, 6.45) is 0. The number of nitro benzene ring substituents is 1. The lowest BCUT2D eigenvalue weighted by Crippen LogP contribution is -2.28. The first kappa shape index (κ1) is 22.4.